The van der Waals surface area contributed by atoms with E-state index in [1.165, 1.54) is 10.6 Å². The second-order valence-corrected chi connectivity index (χ2v) is 8.16. The van der Waals surface area contributed by atoms with Crippen molar-refractivity contribution in [1.29, 1.82) is 0 Å². The zero-order valence-corrected chi connectivity index (χ0v) is 18.0. The minimum atomic E-state index is -4.50. The summed E-state index contributed by atoms with van der Waals surface area (Å²) in [5.74, 6) is 1.97. The first-order chi connectivity index (χ1) is 15.2. The van der Waals surface area contributed by atoms with Crippen LogP contribution >= 0.6 is 0 Å². The van der Waals surface area contributed by atoms with Crippen LogP contribution in [0.1, 0.15) is 37.2 Å². The van der Waals surface area contributed by atoms with E-state index in [0.29, 0.717) is 42.8 Å². The van der Waals surface area contributed by atoms with Crippen molar-refractivity contribution in [2.24, 2.45) is 5.92 Å². The normalized spacial score (nSPS) is 14.9. The summed E-state index contributed by atoms with van der Waals surface area (Å²) in [5, 5.41) is 0.177. The molecule has 0 aliphatic carbocycles. The molecule has 0 fully saturated rings. The molecule has 0 amide bonds. The Balaban J connectivity index is 1.74. The number of methoxy groups -OCH3 is 1. The molecule has 2 aromatic carbocycles. The number of nitrogens with zero attached hydrogens (tertiary/aromatic N) is 2. The molecule has 0 spiro atoms. The molecule has 32 heavy (non-hydrogen) atoms. The van der Waals surface area contributed by atoms with Crippen LogP contribution in [0, 0.1) is 5.92 Å². The summed E-state index contributed by atoms with van der Waals surface area (Å²) in [6.07, 6.45) is -2.07. The Morgan fingerprint density at radius 3 is 2.62 bits per heavy atom. The highest BCUT2D eigenvalue weighted by Gasteiger charge is 2.31. The predicted octanol–water partition coefficient (Wildman–Crippen LogP) is 5.40. The quantitative estimate of drug-likeness (QED) is 0.529. The molecule has 0 radical (unpaired) electrons. The molecule has 3 aromatic rings. The van der Waals surface area contributed by atoms with Crippen LogP contribution in [-0.4, -0.2) is 23.3 Å². The number of hydrogen-bond donors (Lipinski definition) is 0. The second-order valence-electron chi connectivity index (χ2n) is 8.16. The van der Waals surface area contributed by atoms with Gasteiger partial charge < -0.3 is 9.47 Å². The van der Waals surface area contributed by atoms with Crippen LogP contribution in [0.2, 0.25) is 0 Å². The van der Waals surface area contributed by atoms with Crippen LogP contribution in [-0.2, 0) is 12.7 Å². The van der Waals surface area contributed by atoms with Gasteiger partial charge in [-0.1, -0.05) is 19.9 Å². The fourth-order valence-electron chi connectivity index (χ4n) is 3.68. The first-order valence-electron chi connectivity index (χ1n) is 10.3. The van der Waals surface area contributed by atoms with E-state index in [4.69, 9.17) is 9.47 Å². The molecule has 0 saturated carbocycles. The molecule has 1 aromatic heterocycles. The number of benzene rings is 2. The van der Waals surface area contributed by atoms with Crippen molar-refractivity contribution >= 4 is 22.6 Å². The molecule has 8 heteroatoms. The highest BCUT2D eigenvalue weighted by atomic mass is 19.4. The van der Waals surface area contributed by atoms with Crippen molar-refractivity contribution in [2.45, 2.75) is 33.0 Å². The number of hydrogen-bond acceptors (Lipinski definition) is 4. The van der Waals surface area contributed by atoms with Crippen molar-refractivity contribution in [3.8, 4) is 11.5 Å². The second kappa shape index (κ2) is 8.33. The Bertz CT molecular complexity index is 1260. The lowest BCUT2D eigenvalue weighted by atomic mass is 10.1. The maximum Gasteiger partial charge on any atom is 0.416 e. The summed E-state index contributed by atoms with van der Waals surface area (Å²) < 4.78 is 52.1. The fourth-order valence-corrected chi connectivity index (χ4v) is 3.68. The minimum absolute atomic E-state index is 0.0406. The van der Waals surface area contributed by atoms with Gasteiger partial charge in [-0.15, -0.1) is 0 Å². The molecule has 0 saturated heterocycles. The number of rotatable bonds is 5. The zero-order valence-electron chi connectivity index (χ0n) is 18.0. The van der Waals surface area contributed by atoms with Crippen LogP contribution in [0.5, 0.6) is 11.5 Å². The van der Waals surface area contributed by atoms with E-state index in [-0.39, 0.29) is 16.5 Å². The smallest absolute Gasteiger partial charge is 0.416 e. The maximum atomic E-state index is 13.1. The average molecular weight is 444 g/mol. The zero-order chi connectivity index (χ0) is 23.0. The third kappa shape index (κ3) is 4.22. The Labute approximate surface area is 183 Å². The van der Waals surface area contributed by atoms with Gasteiger partial charge >= 0.3 is 6.18 Å². The van der Waals surface area contributed by atoms with Gasteiger partial charge in [0.15, 0.2) is 11.5 Å². The molecule has 0 bridgehead atoms. The lowest BCUT2D eigenvalue weighted by molar-refractivity contribution is -0.137. The monoisotopic (exact) mass is 444 g/mol. The standard InChI is InChI=1S/C24H23F3N2O3/c1-14(2)13-32-20-7-4-15(11-21(20)31-3)10-16-8-9-29-22(16)28-19-12-17(24(25,26)27)5-6-18(19)23(29)30/h4-7,10-12,14H,8-9,13H2,1-3H3/b16-10+. The van der Waals surface area contributed by atoms with E-state index in [2.05, 4.69) is 18.8 Å². The lowest BCUT2D eigenvalue weighted by Crippen LogP contribution is -2.21. The number of halogens is 3. The van der Waals surface area contributed by atoms with Crippen LogP contribution in [0.25, 0.3) is 22.6 Å². The van der Waals surface area contributed by atoms with Crippen LogP contribution in [0.4, 0.5) is 13.2 Å². The SMILES string of the molecule is COc1cc(/C=C2\CCn3c2nc2cc(C(F)(F)F)ccc2c3=O)ccc1OCC(C)C. The van der Waals surface area contributed by atoms with Gasteiger partial charge in [-0.25, -0.2) is 4.98 Å². The van der Waals surface area contributed by atoms with Gasteiger partial charge in [0, 0.05) is 6.54 Å². The molecule has 4 rings (SSSR count). The maximum absolute atomic E-state index is 13.1. The van der Waals surface area contributed by atoms with E-state index < -0.39 is 11.7 Å². The molecule has 168 valence electrons. The fraction of sp³-hybridized carbons (Fsp3) is 0.333. The van der Waals surface area contributed by atoms with Gasteiger partial charge in [0.25, 0.3) is 5.56 Å². The van der Waals surface area contributed by atoms with Gasteiger partial charge in [0.1, 0.15) is 5.82 Å². The first kappa shape index (κ1) is 21.9. The van der Waals surface area contributed by atoms with Crippen molar-refractivity contribution in [3.63, 3.8) is 0 Å². The van der Waals surface area contributed by atoms with Gasteiger partial charge in [0.2, 0.25) is 0 Å². The van der Waals surface area contributed by atoms with E-state index in [9.17, 15) is 18.0 Å². The van der Waals surface area contributed by atoms with Crippen molar-refractivity contribution < 1.29 is 22.6 Å². The molecule has 0 atom stereocenters. The molecule has 1 aliphatic rings. The summed E-state index contributed by atoms with van der Waals surface area (Å²) in [6.45, 7) is 5.10. The average Bonchev–Trinajstić information content (AvgIpc) is 3.14. The highest BCUT2D eigenvalue weighted by Crippen LogP contribution is 2.34. The summed E-state index contributed by atoms with van der Waals surface area (Å²) in [5.41, 5.74) is 0.475. The number of ether oxygens (including phenoxy) is 2. The van der Waals surface area contributed by atoms with Crippen molar-refractivity contribution in [1.82, 2.24) is 9.55 Å². The molecule has 0 N–H and O–H groups in total. The lowest BCUT2D eigenvalue weighted by Gasteiger charge is -2.13. The molecule has 0 unspecified atom stereocenters. The molecular weight excluding hydrogens is 421 g/mol. The molecule has 5 nitrogen and oxygen atoms in total. The van der Waals surface area contributed by atoms with Gasteiger partial charge in [-0.2, -0.15) is 13.2 Å². The Morgan fingerprint density at radius 1 is 1.16 bits per heavy atom. The summed E-state index contributed by atoms with van der Waals surface area (Å²) >= 11 is 0. The summed E-state index contributed by atoms with van der Waals surface area (Å²) in [4.78, 5) is 17.2. The molecule has 2 heterocycles. The molecular formula is C24H23F3N2O3. The number of aromatic nitrogens is 2. The highest BCUT2D eigenvalue weighted by molar-refractivity contribution is 5.85. The Morgan fingerprint density at radius 2 is 1.94 bits per heavy atom. The van der Waals surface area contributed by atoms with Crippen LogP contribution in [0.15, 0.2) is 41.2 Å². The minimum Gasteiger partial charge on any atom is -0.493 e. The summed E-state index contributed by atoms with van der Waals surface area (Å²) in [7, 11) is 1.56. The Hall–Kier alpha value is -3.29. The van der Waals surface area contributed by atoms with Crippen molar-refractivity contribution in [2.75, 3.05) is 13.7 Å². The third-order valence-electron chi connectivity index (χ3n) is 5.28. The number of allylic oxidation sites excluding steroid dienone is 1. The predicted molar refractivity (Wildman–Crippen MR) is 117 cm³/mol. The molecule has 1 aliphatic heterocycles. The van der Waals surface area contributed by atoms with Gasteiger partial charge in [0.05, 0.1) is 30.2 Å². The van der Waals surface area contributed by atoms with E-state index in [1.807, 2.05) is 24.3 Å². The number of alkyl halides is 3. The van der Waals surface area contributed by atoms with Gasteiger partial charge in [-0.05, 0) is 59.9 Å². The van der Waals surface area contributed by atoms with Crippen LogP contribution in [0.3, 0.4) is 0 Å². The van der Waals surface area contributed by atoms with E-state index in [0.717, 1.165) is 23.3 Å². The van der Waals surface area contributed by atoms with E-state index >= 15 is 0 Å². The third-order valence-corrected chi connectivity index (χ3v) is 5.28. The van der Waals surface area contributed by atoms with Crippen molar-refractivity contribution in [3.05, 3.63) is 63.7 Å². The topological polar surface area (TPSA) is 53.4 Å². The van der Waals surface area contributed by atoms with Gasteiger partial charge in [-0.3, -0.25) is 9.36 Å². The Kier molecular flexibility index (Phi) is 5.71. The first-order valence-corrected chi connectivity index (χ1v) is 10.3. The summed E-state index contributed by atoms with van der Waals surface area (Å²) in [6, 6.07) is 8.56. The van der Waals surface area contributed by atoms with E-state index in [1.54, 1.807) is 7.11 Å². The number of fused-ring (bicyclic) bond motifs is 2. The largest absolute Gasteiger partial charge is 0.493 e. The van der Waals surface area contributed by atoms with Crippen LogP contribution < -0.4 is 15.0 Å².